The van der Waals surface area contributed by atoms with Crippen LogP contribution in [0.2, 0.25) is 0 Å². The molecule has 0 bridgehead atoms. The number of carbonyl (C=O) groups is 1. The number of phenols is 1. The number of thiazole rings is 1. The molecule has 4 rings (SSSR count). The van der Waals surface area contributed by atoms with Gasteiger partial charge in [0.05, 0.1) is 24.1 Å². The summed E-state index contributed by atoms with van der Waals surface area (Å²) in [5.74, 6) is -0.0936. The van der Waals surface area contributed by atoms with E-state index in [0.29, 0.717) is 24.1 Å². The van der Waals surface area contributed by atoms with Gasteiger partial charge in [0.1, 0.15) is 5.75 Å². The Hall–Kier alpha value is -1.68. The second kappa shape index (κ2) is 7.15. The number of fused-ring (bicyclic) bond motifs is 1. The number of hydrogen-bond donors (Lipinski definition) is 2. The fourth-order valence-electron chi connectivity index (χ4n) is 2.30. The lowest BCUT2D eigenvalue weighted by Crippen LogP contribution is -2.19. The lowest BCUT2D eigenvalue weighted by atomic mass is 10.2. The Balaban J connectivity index is 1.62. The Labute approximate surface area is 173 Å². The van der Waals surface area contributed by atoms with Crippen LogP contribution < -0.4 is 5.32 Å². The highest BCUT2D eigenvalue weighted by atomic mass is 79.9. The number of halogens is 2. The summed E-state index contributed by atoms with van der Waals surface area (Å²) in [6.45, 7) is 0. The first-order chi connectivity index (χ1) is 12.5. The van der Waals surface area contributed by atoms with Crippen LogP contribution >= 0.6 is 55.0 Å². The van der Waals surface area contributed by atoms with E-state index >= 15 is 0 Å². The molecule has 5 nitrogen and oxygen atoms in total. The van der Waals surface area contributed by atoms with Crippen molar-refractivity contribution in [1.82, 2.24) is 10.3 Å². The summed E-state index contributed by atoms with van der Waals surface area (Å²) >= 11 is 9.31. The number of rotatable bonds is 2. The van der Waals surface area contributed by atoms with Crippen LogP contribution in [0.5, 0.6) is 5.75 Å². The first kappa shape index (κ1) is 17.7. The summed E-state index contributed by atoms with van der Waals surface area (Å²) in [5, 5.41) is 13.6. The molecule has 0 saturated carbocycles. The number of nitrogens with zero attached hydrogens (tertiary/aromatic N) is 2. The molecule has 0 atom stereocenters. The quantitative estimate of drug-likeness (QED) is 0.451. The smallest absolute Gasteiger partial charge is 0.264 e. The maximum absolute atomic E-state index is 12.2. The van der Waals surface area contributed by atoms with Crippen molar-refractivity contribution in [3.05, 3.63) is 55.8 Å². The maximum Gasteiger partial charge on any atom is 0.264 e. The molecule has 1 aliphatic heterocycles. The number of benzene rings is 2. The van der Waals surface area contributed by atoms with Gasteiger partial charge in [-0.15, -0.1) is 0 Å². The summed E-state index contributed by atoms with van der Waals surface area (Å²) < 4.78 is 2.15. The summed E-state index contributed by atoms with van der Waals surface area (Å²) in [5.41, 5.74) is 1.67. The molecule has 3 aromatic rings. The molecule has 1 fully saturated rings. The van der Waals surface area contributed by atoms with E-state index in [9.17, 15) is 9.90 Å². The highest BCUT2D eigenvalue weighted by Crippen LogP contribution is 2.36. The topological polar surface area (TPSA) is 74.6 Å². The summed E-state index contributed by atoms with van der Waals surface area (Å²) in [4.78, 5) is 21.6. The molecule has 0 unspecified atom stereocenters. The lowest BCUT2D eigenvalue weighted by molar-refractivity contribution is -0.115. The number of hydrogen-bond acceptors (Lipinski definition) is 6. The monoisotopic (exact) mass is 509 g/mol. The Kier molecular flexibility index (Phi) is 4.87. The Morgan fingerprint density at radius 2 is 1.92 bits per heavy atom. The van der Waals surface area contributed by atoms with Crippen LogP contribution in [0.1, 0.15) is 5.56 Å². The van der Waals surface area contributed by atoms with Crippen LogP contribution in [-0.4, -0.2) is 21.2 Å². The minimum atomic E-state index is -0.213. The second-order valence-electron chi connectivity index (χ2n) is 5.28. The van der Waals surface area contributed by atoms with Gasteiger partial charge in [-0.2, -0.15) is 4.99 Å². The molecule has 1 aliphatic rings. The number of para-hydroxylation sites is 1. The van der Waals surface area contributed by atoms with E-state index in [-0.39, 0.29) is 11.7 Å². The number of aromatic hydroxyl groups is 1. The molecule has 26 heavy (non-hydrogen) atoms. The van der Waals surface area contributed by atoms with Gasteiger partial charge in [-0.3, -0.25) is 4.79 Å². The molecule has 2 heterocycles. The van der Waals surface area contributed by atoms with E-state index in [2.05, 4.69) is 47.2 Å². The molecular weight excluding hydrogens is 502 g/mol. The molecule has 0 radical (unpaired) electrons. The number of aliphatic imine (C=N–C) groups is 1. The molecule has 1 aromatic heterocycles. The summed E-state index contributed by atoms with van der Waals surface area (Å²) in [7, 11) is 0. The van der Waals surface area contributed by atoms with Gasteiger partial charge in [0.2, 0.25) is 5.13 Å². The number of amides is 1. The largest absolute Gasteiger partial charge is 0.506 e. The van der Waals surface area contributed by atoms with Gasteiger partial charge < -0.3 is 10.4 Å². The standard InChI is InChI=1S/C17H9Br2N3O2S2/c18-9-5-8(6-10(19)14(9)23)7-13-15(24)21-17(26-13)22-16-20-11-3-1-2-4-12(11)25-16/h1-7,23H,(H,20,21,22,24)/b13-7-. The summed E-state index contributed by atoms with van der Waals surface area (Å²) in [6.07, 6.45) is 1.75. The third-order valence-electron chi connectivity index (χ3n) is 3.47. The zero-order valence-electron chi connectivity index (χ0n) is 12.9. The number of nitrogens with one attached hydrogen (secondary N) is 1. The van der Waals surface area contributed by atoms with Gasteiger partial charge in [0.25, 0.3) is 5.91 Å². The van der Waals surface area contributed by atoms with Gasteiger partial charge in [0, 0.05) is 0 Å². The maximum atomic E-state index is 12.2. The molecule has 0 spiro atoms. The van der Waals surface area contributed by atoms with E-state index in [0.717, 1.165) is 15.8 Å². The van der Waals surface area contributed by atoms with Crippen molar-refractivity contribution in [2.24, 2.45) is 4.99 Å². The minimum absolute atomic E-state index is 0.119. The number of amidine groups is 1. The van der Waals surface area contributed by atoms with Crippen LogP contribution in [0.4, 0.5) is 5.13 Å². The Morgan fingerprint density at radius 1 is 1.19 bits per heavy atom. The van der Waals surface area contributed by atoms with E-state index in [4.69, 9.17) is 0 Å². The first-order valence-electron chi connectivity index (χ1n) is 7.33. The van der Waals surface area contributed by atoms with Crippen molar-refractivity contribution in [3.8, 4) is 5.75 Å². The van der Waals surface area contributed by atoms with Crippen LogP contribution in [0.25, 0.3) is 16.3 Å². The number of phenolic OH excluding ortho intramolecular Hbond substituents is 1. The summed E-state index contributed by atoms with van der Waals surface area (Å²) in [6, 6.07) is 11.3. The molecule has 9 heteroatoms. The van der Waals surface area contributed by atoms with Crippen molar-refractivity contribution < 1.29 is 9.90 Å². The average molecular weight is 511 g/mol. The molecule has 130 valence electrons. The third kappa shape index (κ3) is 3.57. The fourth-order valence-corrected chi connectivity index (χ4v) is 5.24. The zero-order valence-corrected chi connectivity index (χ0v) is 17.7. The van der Waals surface area contributed by atoms with Gasteiger partial charge in [-0.1, -0.05) is 23.5 Å². The fraction of sp³-hybridized carbons (Fsp3) is 0. The molecule has 0 aliphatic carbocycles. The second-order valence-corrected chi connectivity index (χ2v) is 9.03. The predicted octanol–water partition coefficient (Wildman–Crippen LogP) is 5.42. The number of carbonyl (C=O) groups excluding carboxylic acids is 1. The van der Waals surface area contributed by atoms with E-state index in [1.165, 1.54) is 23.1 Å². The Bertz CT molecular complexity index is 1050. The van der Waals surface area contributed by atoms with Crippen LogP contribution in [0, 0.1) is 0 Å². The SMILES string of the molecule is O=C1N/C(=N\c2nc3ccccc3s2)S/C1=C\c1cc(Br)c(O)c(Br)c1. The van der Waals surface area contributed by atoms with Crippen molar-refractivity contribution in [2.45, 2.75) is 0 Å². The lowest BCUT2D eigenvalue weighted by Gasteiger charge is -2.02. The van der Waals surface area contributed by atoms with E-state index in [1.54, 1.807) is 18.2 Å². The number of aromatic nitrogens is 1. The van der Waals surface area contributed by atoms with E-state index in [1.807, 2.05) is 24.3 Å². The molecule has 2 aromatic carbocycles. The number of thioether (sulfide) groups is 1. The third-order valence-corrected chi connectivity index (χ3v) is 6.52. The van der Waals surface area contributed by atoms with Crippen molar-refractivity contribution >= 4 is 87.5 Å². The van der Waals surface area contributed by atoms with Gasteiger partial charge in [0.15, 0.2) is 5.17 Å². The van der Waals surface area contributed by atoms with Crippen LogP contribution in [-0.2, 0) is 4.79 Å². The minimum Gasteiger partial charge on any atom is -0.506 e. The van der Waals surface area contributed by atoms with Crippen LogP contribution in [0.15, 0.2) is 55.2 Å². The highest BCUT2D eigenvalue weighted by Gasteiger charge is 2.24. The van der Waals surface area contributed by atoms with E-state index < -0.39 is 0 Å². The zero-order chi connectivity index (χ0) is 18.3. The highest BCUT2D eigenvalue weighted by molar-refractivity contribution is 9.11. The molecule has 1 amide bonds. The van der Waals surface area contributed by atoms with Crippen molar-refractivity contribution in [1.29, 1.82) is 0 Å². The van der Waals surface area contributed by atoms with Gasteiger partial charge >= 0.3 is 0 Å². The van der Waals surface area contributed by atoms with Crippen LogP contribution in [0.3, 0.4) is 0 Å². The molecular formula is C17H9Br2N3O2S2. The predicted molar refractivity (Wildman–Crippen MR) is 114 cm³/mol. The normalized spacial score (nSPS) is 17.4. The Morgan fingerprint density at radius 3 is 2.65 bits per heavy atom. The first-order valence-corrected chi connectivity index (χ1v) is 10.5. The van der Waals surface area contributed by atoms with Crippen molar-refractivity contribution in [2.75, 3.05) is 0 Å². The molecule has 1 saturated heterocycles. The van der Waals surface area contributed by atoms with Gasteiger partial charge in [-0.25, -0.2) is 4.98 Å². The van der Waals surface area contributed by atoms with Crippen molar-refractivity contribution in [3.63, 3.8) is 0 Å². The molecule has 2 N–H and O–H groups in total. The van der Waals surface area contributed by atoms with Gasteiger partial charge in [-0.05, 0) is 79.5 Å². The average Bonchev–Trinajstić information content (AvgIpc) is 3.15.